The predicted octanol–water partition coefficient (Wildman–Crippen LogP) is 3.51. The zero-order valence-corrected chi connectivity index (χ0v) is 20.5. The SMILES string of the molecule is O=C(N[C@@H](CC1CCCCC1)C(=O)N1CC[C@@H]2[C@H]1C(=O)CN2C(=O)c1ccccc1)c1cccs1. The average molecular weight is 494 g/mol. The Morgan fingerprint density at radius 2 is 1.74 bits per heavy atom. The van der Waals surface area contributed by atoms with E-state index in [1.165, 1.54) is 17.8 Å². The van der Waals surface area contributed by atoms with Crippen molar-refractivity contribution in [3.63, 3.8) is 0 Å². The molecule has 1 aromatic heterocycles. The second-order valence-corrected chi connectivity index (χ2v) is 10.8. The quantitative estimate of drug-likeness (QED) is 0.667. The Labute approximate surface area is 209 Å². The molecule has 1 aliphatic carbocycles. The van der Waals surface area contributed by atoms with Crippen LogP contribution in [-0.4, -0.2) is 64.5 Å². The van der Waals surface area contributed by atoms with Crippen molar-refractivity contribution in [2.75, 3.05) is 13.1 Å². The number of ketones is 1. The number of nitrogens with zero attached hydrogens (tertiary/aromatic N) is 2. The molecule has 8 heteroatoms. The lowest BCUT2D eigenvalue weighted by molar-refractivity contribution is -0.138. The normalized spacial score (nSPS) is 23.3. The highest BCUT2D eigenvalue weighted by molar-refractivity contribution is 7.12. The molecule has 3 amide bonds. The van der Waals surface area contributed by atoms with Gasteiger partial charge in [0.1, 0.15) is 12.1 Å². The van der Waals surface area contributed by atoms with E-state index in [1.54, 1.807) is 40.1 Å². The zero-order chi connectivity index (χ0) is 24.4. The highest BCUT2D eigenvalue weighted by atomic mass is 32.1. The van der Waals surface area contributed by atoms with Crippen LogP contribution in [-0.2, 0) is 9.59 Å². The van der Waals surface area contributed by atoms with Gasteiger partial charge < -0.3 is 15.1 Å². The minimum Gasteiger partial charge on any atom is -0.340 e. The van der Waals surface area contributed by atoms with E-state index in [0.29, 0.717) is 35.7 Å². The van der Waals surface area contributed by atoms with Crippen LogP contribution in [0.25, 0.3) is 0 Å². The van der Waals surface area contributed by atoms with Crippen molar-refractivity contribution >= 4 is 34.8 Å². The molecular weight excluding hydrogens is 462 g/mol. The Kier molecular flexibility index (Phi) is 7.00. The monoisotopic (exact) mass is 493 g/mol. The van der Waals surface area contributed by atoms with Gasteiger partial charge in [0.2, 0.25) is 5.91 Å². The van der Waals surface area contributed by atoms with Gasteiger partial charge in [0, 0.05) is 12.1 Å². The Hall–Kier alpha value is -3.00. The maximum Gasteiger partial charge on any atom is 0.261 e. The van der Waals surface area contributed by atoms with Crippen molar-refractivity contribution in [1.82, 2.24) is 15.1 Å². The summed E-state index contributed by atoms with van der Waals surface area (Å²) in [6.45, 7) is 0.427. The number of hydrogen-bond donors (Lipinski definition) is 1. The molecule has 2 aliphatic heterocycles. The van der Waals surface area contributed by atoms with Gasteiger partial charge in [-0.3, -0.25) is 19.2 Å². The van der Waals surface area contributed by atoms with E-state index < -0.39 is 12.1 Å². The summed E-state index contributed by atoms with van der Waals surface area (Å²) in [6.07, 6.45) is 6.78. The van der Waals surface area contributed by atoms with E-state index in [9.17, 15) is 19.2 Å². The van der Waals surface area contributed by atoms with E-state index >= 15 is 0 Å². The molecule has 2 saturated heterocycles. The summed E-state index contributed by atoms with van der Waals surface area (Å²) >= 11 is 1.35. The standard InChI is InChI=1S/C27H31N3O4S/c31-22-17-30(26(33)19-10-5-2-6-11-19)21-13-14-29(24(21)22)27(34)20(16-18-8-3-1-4-9-18)28-25(32)23-12-7-15-35-23/h2,5-7,10-12,15,18,20-21,24H,1,3-4,8-9,13-14,16-17H2,(H,28,32)/t20-,21+,24-/m0/s1. The summed E-state index contributed by atoms with van der Waals surface area (Å²) in [5.74, 6) is -0.342. The number of benzene rings is 1. The second-order valence-electron chi connectivity index (χ2n) is 9.84. The van der Waals surface area contributed by atoms with Crippen LogP contribution in [0.4, 0.5) is 0 Å². The third kappa shape index (κ3) is 4.89. The van der Waals surface area contributed by atoms with E-state index in [-0.39, 0.29) is 36.1 Å². The van der Waals surface area contributed by atoms with Crippen LogP contribution in [0, 0.1) is 5.92 Å². The molecule has 5 rings (SSSR count). The number of carbonyl (C=O) groups is 4. The molecule has 1 saturated carbocycles. The summed E-state index contributed by atoms with van der Waals surface area (Å²) in [4.78, 5) is 56.7. The number of rotatable bonds is 6. The van der Waals surface area contributed by atoms with Gasteiger partial charge in [-0.15, -0.1) is 11.3 Å². The lowest BCUT2D eigenvalue weighted by Gasteiger charge is -2.31. The Balaban J connectivity index is 1.33. The highest BCUT2D eigenvalue weighted by Crippen LogP contribution is 2.33. The summed E-state index contributed by atoms with van der Waals surface area (Å²) < 4.78 is 0. The lowest BCUT2D eigenvalue weighted by Crippen LogP contribution is -2.53. The minimum absolute atomic E-state index is 0.0156. The third-order valence-corrected chi connectivity index (χ3v) is 8.50. The molecule has 3 atom stereocenters. The Bertz CT molecular complexity index is 1080. The molecular formula is C27H31N3O4S. The molecule has 0 spiro atoms. The predicted molar refractivity (Wildman–Crippen MR) is 133 cm³/mol. The molecule has 184 valence electrons. The number of fused-ring (bicyclic) bond motifs is 1. The lowest BCUT2D eigenvalue weighted by atomic mass is 9.84. The van der Waals surface area contributed by atoms with Crippen molar-refractivity contribution in [2.24, 2.45) is 5.92 Å². The van der Waals surface area contributed by atoms with Crippen molar-refractivity contribution < 1.29 is 19.2 Å². The van der Waals surface area contributed by atoms with Crippen LogP contribution >= 0.6 is 11.3 Å². The minimum atomic E-state index is -0.668. The van der Waals surface area contributed by atoms with E-state index in [4.69, 9.17) is 0 Å². The molecule has 2 aromatic rings. The first-order valence-corrected chi connectivity index (χ1v) is 13.4. The van der Waals surface area contributed by atoms with Crippen LogP contribution in [0.15, 0.2) is 47.8 Å². The summed E-state index contributed by atoms with van der Waals surface area (Å²) in [5.41, 5.74) is 0.545. The third-order valence-electron chi connectivity index (χ3n) is 7.63. The molecule has 35 heavy (non-hydrogen) atoms. The van der Waals surface area contributed by atoms with Crippen LogP contribution in [0.1, 0.15) is 65.0 Å². The maximum atomic E-state index is 13.8. The number of carbonyl (C=O) groups excluding carboxylic acids is 4. The summed E-state index contributed by atoms with van der Waals surface area (Å²) in [5, 5.41) is 4.83. The van der Waals surface area contributed by atoms with Crippen LogP contribution in [0.5, 0.6) is 0 Å². The molecule has 0 bridgehead atoms. The fraction of sp³-hybridized carbons (Fsp3) is 0.481. The number of nitrogens with one attached hydrogen (secondary N) is 1. The van der Waals surface area contributed by atoms with Gasteiger partial charge in [-0.1, -0.05) is 56.4 Å². The fourth-order valence-corrected chi connectivity index (χ4v) is 6.53. The molecule has 3 aliphatic rings. The van der Waals surface area contributed by atoms with E-state index in [2.05, 4.69) is 5.32 Å². The van der Waals surface area contributed by atoms with Crippen molar-refractivity contribution in [3.05, 3.63) is 58.3 Å². The molecule has 0 unspecified atom stereocenters. The van der Waals surface area contributed by atoms with Crippen LogP contribution in [0.2, 0.25) is 0 Å². The van der Waals surface area contributed by atoms with Crippen molar-refractivity contribution in [2.45, 2.75) is 63.1 Å². The number of thiophene rings is 1. The zero-order valence-electron chi connectivity index (χ0n) is 19.7. The second kappa shape index (κ2) is 10.3. The van der Waals surface area contributed by atoms with E-state index in [1.807, 2.05) is 17.5 Å². The highest BCUT2D eigenvalue weighted by Gasteiger charge is 2.52. The van der Waals surface area contributed by atoms with Crippen LogP contribution in [0.3, 0.4) is 0 Å². The van der Waals surface area contributed by atoms with Gasteiger partial charge in [-0.05, 0) is 42.3 Å². The first kappa shape index (κ1) is 23.7. The molecule has 0 radical (unpaired) electrons. The van der Waals surface area contributed by atoms with E-state index in [0.717, 1.165) is 25.7 Å². The van der Waals surface area contributed by atoms with Gasteiger partial charge in [0.25, 0.3) is 11.8 Å². The number of amides is 3. The Morgan fingerprint density at radius 1 is 0.971 bits per heavy atom. The number of Topliss-reactive ketones (excluding diaryl/α,β-unsaturated/α-hetero) is 1. The largest absolute Gasteiger partial charge is 0.340 e. The average Bonchev–Trinajstić information content (AvgIpc) is 3.63. The fourth-order valence-electron chi connectivity index (χ4n) is 5.90. The molecule has 3 heterocycles. The Morgan fingerprint density at radius 3 is 2.46 bits per heavy atom. The molecule has 1 N–H and O–H groups in total. The van der Waals surface area contributed by atoms with Gasteiger partial charge in [0.15, 0.2) is 5.78 Å². The van der Waals surface area contributed by atoms with Crippen LogP contribution < -0.4 is 5.32 Å². The van der Waals surface area contributed by atoms with Gasteiger partial charge >= 0.3 is 0 Å². The van der Waals surface area contributed by atoms with Crippen molar-refractivity contribution in [3.8, 4) is 0 Å². The first-order chi connectivity index (χ1) is 17.0. The summed E-state index contributed by atoms with van der Waals surface area (Å²) in [6, 6.07) is 10.9. The topological polar surface area (TPSA) is 86.8 Å². The molecule has 3 fully saturated rings. The van der Waals surface area contributed by atoms with Gasteiger partial charge in [-0.2, -0.15) is 0 Å². The smallest absolute Gasteiger partial charge is 0.261 e. The number of hydrogen-bond acceptors (Lipinski definition) is 5. The molecule has 7 nitrogen and oxygen atoms in total. The van der Waals surface area contributed by atoms with Gasteiger partial charge in [-0.25, -0.2) is 0 Å². The number of likely N-dealkylation sites (tertiary alicyclic amines) is 2. The first-order valence-electron chi connectivity index (χ1n) is 12.6. The maximum absolute atomic E-state index is 13.8. The summed E-state index contributed by atoms with van der Waals surface area (Å²) in [7, 11) is 0. The van der Waals surface area contributed by atoms with Crippen molar-refractivity contribution in [1.29, 1.82) is 0 Å². The van der Waals surface area contributed by atoms with Gasteiger partial charge in [0.05, 0.1) is 17.5 Å². The molecule has 1 aromatic carbocycles.